The highest BCUT2D eigenvalue weighted by molar-refractivity contribution is 5.32. The summed E-state index contributed by atoms with van der Waals surface area (Å²) < 4.78 is 0. The molecule has 16 heavy (non-hydrogen) atoms. The molecule has 0 radical (unpaired) electrons. The molecule has 2 rings (SSSR count). The lowest BCUT2D eigenvalue weighted by atomic mass is 10.3. The lowest BCUT2D eigenvalue weighted by Gasteiger charge is -2.02. The van der Waals surface area contributed by atoms with E-state index in [-0.39, 0.29) is 0 Å². The Bertz CT molecular complexity index is 511. The number of aryl methyl sites for hydroxylation is 1. The van der Waals surface area contributed by atoms with Crippen molar-refractivity contribution in [3.05, 3.63) is 23.3 Å². The zero-order valence-corrected chi connectivity index (χ0v) is 8.47. The molecule has 0 aromatic carbocycles. The molecule has 0 unspecified atom stereocenters. The Kier molecular flexibility index (Phi) is 2.69. The highest BCUT2D eigenvalue weighted by Gasteiger charge is 2.03. The van der Waals surface area contributed by atoms with Crippen LogP contribution in [0.2, 0.25) is 0 Å². The van der Waals surface area contributed by atoms with Crippen LogP contribution in [0.3, 0.4) is 0 Å². The Morgan fingerprint density at radius 3 is 3.06 bits per heavy atom. The van der Waals surface area contributed by atoms with E-state index in [4.69, 9.17) is 5.26 Å². The van der Waals surface area contributed by atoms with Crippen LogP contribution in [0, 0.1) is 18.3 Å². The third-order valence-electron chi connectivity index (χ3n) is 1.76. The zero-order valence-electron chi connectivity index (χ0n) is 8.47. The summed E-state index contributed by atoms with van der Waals surface area (Å²) in [5.74, 6) is 0.880. The number of aromatic amines is 1. The van der Waals surface area contributed by atoms with Gasteiger partial charge in [-0.2, -0.15) is 10.5 Å². The van der Waals surface area contributed by atoms with Crippen molar-refractivity contribution < 1.29 is 0 Å². The molecule has 0 aliphatic rings. The van der Waals surface area contributed by atoms with Gasteiger partial charge in [0, 0.05) is 5.69 Å². The standard InChI is InChI=1S/C8H8N8/c1-5-2-6(3-9)12-8(11-5)10-4-7-13-15-16-14-7/h2H,4H2,1H3,(H,10,11,12)(H,13,14,15,16). The van der Waals surface area contributed by atoms with E-state index in [0.717, 1.165) is 5.69 Å². The smallest absolute Gasteiger partial charge is 0.224 e. The van der Waals surface area contributed by atoms with Gasteiger partial charge in [0.25, 0.3) is 0 Å². The van der Waals surface area contributed by atoms with E-state index < -0.39 is 0 Å². The molecule has 0 amide bonds. The number of rotatable bonds is 3. The Morgan fingerprint density at radius 2 is 2.38 bits per heavy atom. The Hall–Kier alpha value is -2.56. The van der Waals surface area contributed by atoms with Gasteiger partial charge in [0.2, 0.25) is 5.95 Å². The molecule has 0 atom stereocenters. The minimum atomic E-state index is 0.322. The Morgan fingerprint density at radius 1 is 1.50 bits per heavy atom. The largest absolute Gasteiger partial charge is 0.347 e. The van der Waals surface area contributed by atoms with E-state index in [1.54, 1.807) is 13.0 Å². The van der Waals surface area contributed by atoms with Crippen LogP contribution in [0.1, 0.15) is 17.2 Å². The molecule has 80 valence electrons. The van der Waals surface area contributed by atoms with Crippen LogP contribution in [-0.2, 0) is 6.54 Å². The fraction of sp³-hybridized carbons (Fsp3) is 0.250. The second-order valence-electron chi connectivity index (χ2n) is 3.01. The third-order valence-corrected chi connectivity index (χ3v) is 1.76. The maximum Gasteiger partial charge on any atom is 0.224 e. The number of H-pyrrole nitrogens is 1. The second-order valence-corrected chi connectivity index (χ2v) is 3.01. The monoisotopic (exact) mass is 216 g/mol. The summed E-state index contributed by atoms with van der Waals surface area (Å²) in [4.78, 5) is 8.10. The number of nitriles is 1. The molecule has 0 spiro atoms. The van der Waals surface area contributed by atoms with Crippen molar-refractivity contribution in [3.8, 4) is 6.07 Å². The molecular weight excluding hydrogens is 208 g/mol. The van der Waals surface area contributed by atoms with E-state index >= 15 is 0 Å². The molecule has 8 heteroatoms. The van der Waals surface area contributed by atoms with Crippen LogP contribution in [0.15, 0.2) is 6.07 Å². The van der Waals surface area contributed by atoms with Crippen molar-refractivity contribution in [3.63, 3.8) is 0 Å². The molecule has 2 aromatic heterocycles. The molecule has 0 saturated carbocycles. The lowest BCUT2D eigenvalue weighted by Crippen LogP contribution is -2.06. The number of nitrogens with one attached hydrogen (secondary N) is 2. The van der Waals surface area contributed by atoms with E-state index in [1.807, 2.05) is 6.07 Å². The molecule has 8 nitrogen and oxygen atoms in total. The minimum absolute atomic E-state index is 0.322. The van der Waals surface area contributed by atoms with Gasteiger partial charge in [0.05, 0.1) is 6.54 Å². The summed E-state index contributed by atoms with van der Waals surface area (Å²) >= 11 is 0. The second kappa shape index (κ2) is 4.31. The average Bonchev–Trinajstić information content (AvgIpc) is 2.78. The number of tetrazole rings is 1. The number of anilines is 1. The quantitative estimate of drug-likeness (QED) is 0.728. The maximum absolute atomic E-state index is 8.73. The van der Waals surface area contributed by atoms with Gasteiger partial charge < -0.3 is 5.32 Å². The lowest BCUT2D eigenvalue weighted by molar-refractivity contribution is 0.881. The number of aromatic nitrogens is 6. The van der Waals surface area contributed by atoms with E-state index in [0.29, 0.717) is 24.0 Å². The fourth-order valence-electron chi connectivity index (χ4n) is 1.12. The van der Waals surface area contributed by atoms with Crippen LogP contribution in [0.25, 0.3) is 0 Å². The van der Waals surface area contributed by atoms with Crippen molar-refractivity contribution in [1.29, 1.82) is 5.26 Å². The van der Waals surface area contributed by atoms with Gasteiger partial charge in [0.15, 0.2) is 5.82 Å². The number of nitrogens with zero attached hydrogens (tertiary/aromatic N) is 6. The normalized spacial score (nSPS) is 9.75. The number of hydrogen-bond donors (Lipinski definition) is 2. The first-order chi connectivity index (χ1) is 7.78. The van der Waals surface area contributed by atoms with E-state index in [1.165, 1.54) is 0 Å². The molecular formula is C8H8N8. The van der Waals surface area contributed by atoms with Crippen LogP contribution in [-0.4, -0.2) is 30.6 Å². The van der Waals surface area contributed by atoms with Gasteiger partial charge in [-0.3, -0.25) is 0 Å². The highest BCUT2D eigenvalue weighted by Crippen LogP contribution is 2.04. The Balaban J connectivity index is 2.10. The van der Waals surface area contributed by atoms with Gasteiger partial charge >= 0.3 is 0 Å². The molecule has 0 aliphatic carbocycles. The molecule has 0 fully saturated rings. The summed E-state index contributed by atoms with van der Waals surface area (Å²) in [6.45, 7) is 2.15. The topological polar surface area (TPSA) is 116 Å². The summed E-state index contributed by atoms with van der Waals surface area (Å²) in [5, 5.41) is 24.9. The van der Waals surface area contributed by atoms with E-state index in [9.17, 15) is 0 Å². The zero-order chi connectivity index (χ0) is 11.4. The first-order valence-electron chi connectivity index (χ1n) is 4.50. The molecule has 2 N–H and O–H groups in total. The molecule has 2 heterocycles. The fourth-order valence-corrected chi connectivity index (χ4v) is 1.12. The van der Waals surface area contributed by atoms with Gasteiger partial charge in [-0.25, -0.2) is 9.97 Å². The van der Waals surface area contributed by atoms with Gasteiger partial charge in [-0.15, -0.1) is 10.2 Å². The summed E-state index contributed by atoms with van der Waals surface area (Å²) in [5.41, 5.74) is 1.05. The van der Waals surface area contributed by atoms with Crippen molar-refractivity contribution in [1.82, 2.24) is 30.6 Å². The van der Waals surface area contributed by atoms with Crippen molar-refractivity contribution in [2.24, 2.45) is 0 Å². The average molecular weight is 216 g/mol. The summed E-state index contributed by atoms with van der Waals surface area (Å²) in [6.07, 6.45) is 0. The predicted molar refractivity (Wildman–Crippen MR) is 53.0 cm³/mol. The summed E-state index contributed by atoms with van der Waals surface area (Å²) in [6, 6.07) is 3.57. The first-order valence-corrected chi connectivity index (χ1v) is 4.50. The van der Waals surface area contributed by atoms with E-state index in [2.05, 4.69) is 35.9 Å². The molecule has 0 saturated heterocycles. The van der Waals surface area contributed by atoms with Crippen LogP contribution < -0.4 is 5.32 Å². The van der Waals surface area contributed by atoms with Gasteiger partial charge in [0.1, 0.15) is 11.8 Å². The Labute approximate surface area is 90.7 Å². The van der Waals surface area contributed by atoms with Gasteiger partial charge in [-0.1, -0.05) is 5.21 Å². The minimum Gasteiger partial charge on any atom is -0.347 e. The van der Waals surface area contributed by atoms with Gasteiger partial charge in [-0.05, 0) is 13.0 Å². The van der Waals surface area contributed by atoms with Crippen molar-refractivity contribution in [2.75, 3.05) is 5.32 Å². The first kappa shape index (κ1) is 9.97. The predicted octanol–water partition coefficient (Wildman–Crippen LogP) is -0.218. The SMILES string of the molecule is Cc1cc(C#N)nc(NCc2nn[nH]n2)n1. The summed E-state index contributed by atoms with van der Waals surface area (Å²) in [7, 11) is 0. The maximum atomic E-state index is 8.73. The third kappa shape index (κ3) is 2.27. The van der Waals surface area contributed by atoms with Crippen molar-refractivity contribution >= 4 is 5.95 Å². The molecule has 0 bridgehead atoms. The molecule has 2 aromatic rings. The van der Waals surface area contributed by atoms with Crippen LogP contribution in [0.5, 0.6) is 0 Å². The van der Waals surface area contributed by atoms with Crippen LogP contribution >= 0.6 is 0 Å². The van der Waals surface area contributed by atoms with Crippen LogP contribution in [0.4, 0.5) is 5.95 Å². The highest BCUT2D eigenvalue weighted by atomic mass is 15.5. The van der Waals surface area contributed by atoms with Crippen molar-refractivity contribution in [2.45, 2.75) is 13.5 Å². The number of hydrogen-bond acceptors (Lipinski definition) is 7. The molecule has 0 aliphatic heterocycles.